The molecule has 2 aliphatic rings. The molecule has 0 bridgehead atoms. The highest BCUT2D eigenvalue weighted by Gasteiger charge is 2.52. The van der Waals surface area contributed by atoms with Gasteiger partial charge in [0.05, 0.1) is 22.7 Å². The molecule has 2 heterocycles. The Bertz CT molecular complexity index is 844. The first-order valence-corrected chi connectivity index (χ1v) is 10.4. The molecule has 0 aromatic heterocycles. The van der Waals surface area contributed by atoms with Crippen molar-refractivity contribution in [3.05, 3.63) is 28.3 Å². The van der Waals surface area contributed by atoms with Gasteiger partial charge >= 0.3 is 18.9 Å². The van der Waals surface area contributed by atoms with Crippen LogP contribution in [0.3, 0.4) is 0 Å². The van der Waals surface area contributed by atoms with E-state index in [2.05, 4.69) is 0 Å². The number of ether oxygens (including phenoxy) is 2. The van der Waals surface area contributed by atoms with Crippen LogP contribution in [0.2, 0.25) is 0 Å². The molecular weight excluding hydrogens is 403 g/mol. The van der Waals surface area contributed by atoms with Crippen LogP contribution in [0.4, 0.5) is 10.5 Å². The van der Waals surface area contributed by atoms with E-state index >= 15 is 0 Å². The Balaban J connectivity index is 1.61. The summed E-state index contributed by atoms with van der Waals surface area (Å²) in [6.45, 7) is 14.4. The van der Waals surface area contributed by atoms with Gasteiger partial charge in [0.2, 0.25) is 0 Å². The standard InChI is InChI=1S/C21H31BN2O7/c1-19(2,3)29-18(25)23-11-14(12-23)13-28-17-9-8-15(10-16(17)24(26)27)22-30-20(4,5)21(6,7)31-22/h8-10,14H,11-13H2,1-7H3. The molecule has 1 aromatic carbocycles. The summed E-state index contributed by atoms with van der Waals surface area (Å²) in [5.74, 6) is 0.274. The van der Waals surface area contributed by atoms with E-state index in [4.69, 9.17) is 18.8 Å². The maximum atomic E-state index is 12.0. The molecule has 3 rings (SSSR count). The molecule has 31 heavy (non-hydrogen) atoms. The van der Waals surface area contributed by atoms with Crippen molar-refractivity contribution in [3.8, 4) is 5.75 Å². The molecule has 0 radical (unpaired) electrons. The molecule has 0 N–H and O–H groups in total. The number of benzene rings is 1. The lowest BCUT2D eigenvalue weighted by Crippen LogP contribution is -2.53. The van der Waals surface area contributed by atoms with Crippen LogP contribution < -0.4 is 10.2 Å². The first-order valence-electron chi connectivity index (χ1n) is 10.4. The van der Waals surface area contributed by atoms with E-state index in [1.54, 1.807) is 17.0 Å². The third-order valence-corrected chi connectivity index (χ3v) is 5.79. The van der Waals surface area contributed by atoms with Crippen LogP contribution in [0, 0.1) is 16.0 Å². The Kier molecular flexibility index (Phi) is 6.01. The van der Waals surface area contributed by atoms with Crippen LogP contribution in [-0.4, -0.2) is 59.5 Å². The zero-order valence-electron chi connectivity index (χ0n) is 19.3. The van der Waals surface area contributed by atoms with Crippen molar-refractivity contribution in [2.75, 3.05) is 19.7 Å². The molecule has 170 valence electrons. The van der Waals surface area contributed by atoms with E-state index < -0.39 is 28.8 Å². The normalized spacial score (nSPS) is 20.4. The van der Waals surface area contributed by atoms with E-state index in [-0.39, 0.29) is 30.1 Å². The van der Waals surface area contributed by atoms with Gasteiger partial charge in [0.1, 0.15) is 5.60 Å². The topological polar surface area (TPSA) is 100 Å². The quantitative estimate of drug-likeness (QED) is 0.399. The van der Waals surface area contributed by atoms with Gasteiger partial charge < -0.3 is 23.7 Å². The van der Waals surface area contributed by atoms with Crippen LogP contribution in [0.25, 0.3) is 0 Å². The van der Waals surface area contributed by atoms with Crippen molar-refractivity contribution in [3.63, 3.8) is 0 Å². The summed E-state index contributed by atoms with van der Waals surface area (Å²) >= 11 is 0. The summed E-state index contributed by atoms with van der Waals surface area (Å²) in [6.07, 6.45) is -0.360. The van der Waals surface area contributed by atoms with E-state index in [0.717, 1.165) is 0 Å². The fraction of sp³-hybridized carbons (Fsp3) is 0.667. The van der Waals surface area contributed by atoms with Crippen molar-refractivity contribution in [2.45, 2.75) is 65.3 Å². The fourth-order valence-electron chi connectivity index (χ4n) is 3.28. The number of nitrogens with zero attached hydrogens (tertiary/aromatic N) is 2. The SMILES string of the molecule is CC(C)(C)OC(=O)N1CC(COc2ccc(B3OC(C)(C)C(C)(C)O3)cc2[N+](=O)[O-])C1. The Morgan fingerprint density at radius 1 is 1.23 bits per heavy atom. The number of hydrogen-bond acceptors (Lipinski definition) is 7. The second-order valence-corrected chi connectivity index (χ2v) is 10.1. The smallest absolute Gasteiger partial charge is 0.486 e. The third kappa shape index (κ3) is 5.12. The van der Waals surface area contributed by atoms with Crippen LogP contribution in [0.1, 0.15) is 48.5 Å². The lowest BCUT2D eigenvalue weighted by atomic mass is 9.79. The summed E-state index contributed by atoms with van der Waals surface area (Å²) in [5, 5.41) is 11.6. The minimum Gasteiger partial charge on any atom is -0.486 e. The maximum absolute atomic E-state index is 12.0. The van der Waals surface area contributed by atoms with Gasteiger partial charge in [-0.05, 0) is 60.0 Å². The van der Waals surface area contributed by atoms with Crippen molar-refractivity contribution in [2.24, 2.45) is 5.92 Å². The maximum Gasteiger partial charge on any atom is 0.495 e. The van der Waals surface area contributed by atoms with Crippen molar-refractivity contribution in [1.82, 2.24) is 4.90 Å². The summed E-state index contributed by atoms with van der Waals surface area (Å²) in [7, 11) is -0.688. The number of carbonyl (C=O) groups excluding carboxylic acids is 1. The average molecular weight is 434 g/mol. The Morgan fingerprint density at radius 3 is 2.32 bits per heavy atom. The molecule has 2 aliphatic heterocycles. The van der Waals surface area contributed by atoms with Crippen molar-refractivity contribution >= 4 is 24.4 Å². The molecule has 0 saturated carbocycles. The second-order valence-electron chi connectivity index (χ2n) is 10.1. The first kappa shape index (κ1) is 23.3. The molecule has 1 amide bonds. The zero-order valence-corrected chi connectivity index (χ0v) is 19.3. The summed E-state index contributed by atoms with van der Waals surface area (Å²) in [4.78, 5) is 24.7. The molecule has 10 heteroatoms. The van der Waals surface area contributed by atoms with Crippen LogP contribution in [-0.2, 0) is 14.0 Å². The highest BCUT2D eigenvalue weighted by Crippen LogP contribution is 2.37. The summed E-state index contributed by atoms with van der Waals surface area (Å²) in [5.41, 5.74) is -1.19. The molecule has 2 saturated heterocycles. The van der Waals surface area contributed by atoms with E-state index in [0.29, 0.717) is 18.6 Å². The Morgan fingerprint density at radius 2 is 1.81 bits per heavy atom. The van der Waals surface area contributed by atoms with Gasteiger partial charge in [-0.3, -0.25) is 10.1 Å². The lowest BCUT2D eigenvalue weighted by Gasteiger charge is -2.39. The predicted octanol–water partition coefficient (Wildman–Crippen LogP) is 3.14. The number of likely N-dealkylation sites (tertiary alicyclic amines) is 1. The van der Waals surface area contributed by atoms with Crippen molar-refractivity contribution < 1.29 is 28.5 Å². The molecule has 0 atom stereocenters. The number of rotatable bonds is 5. The van der Waals surface area contributed by atoms with Crippen LogP contribution in [0.5, 0.6) is 5.75 Å². The highest BCUT2D eigenvalue weighted by molar-refractivity contribution is 6.62. The van der Waals surface area contributed by atoms with Gasteiger partial charge in [0.25, 0.3) is 0 Å². The van der Waals surface area contributed by atoms with Gasteiger partial charge in [-0.15, -0.1) is 0 Å². The van der Waals surface area contributed by atoms with Gasteiger partial charge in [-0.25, -0.2) is 4.79 Å². The zero-order chi connectivity index (χ0) is 23.2. The molecular formula is C21H31BN2O7. The van der Waals surface area contributed by atoms with Crippen LogP contribution >= 0.6 is 0 Å². The minimum atomic E-state index is -0.688. The molecule has 0 aliphatic carbocycles. The lowest BCUT2D eigenvalue weighted by molar-refractivity contribution is -0.385. The fourth-order valence-corrected chi connectivity index (χ4v) is 3.28. The van der Waals surface area contributed by atoms with Gasteiger partial charge in [-0.1, -0.05) is 6.07 Å². The largest absolute Gasteiger partial charge is 0.495 e. The van der Waals surface area contributed by atoms with Gasteiger partial charge in [0, 0.05) is 25.1 Å². The Labute approximate surface area is 183 Å². The van der Waals surface area contributed by atoms with E-state index in [1.165, 1.54) is 6.07 Å². The average Bonchev–Trinajstić information content (AvgIpc) is 2.79. The molecule has 1 aromatic rings. The second kappa shape index (κ2) is 7.98. The van der Waals surface area contributed by atoms with Gasteiger partial charge in [0.15, 0.2) is 5.75 Å². The molecule has 0 spiro atoms. The first-order chi connectivity index (χ1) is 14.2. The number of nitro groups is 1. The number of nitro benzene ring substituents is 1. The molecule has 2 fully saturated rings. The predicted molar refractivity (Wildman–Crippen MR) is 116 cm³/mol. The number of amides is 1. The molecule has 0 unspecified atom stereocenters. The van der Waals surface area contributed by atoms with E-state index in [1.807, 2.05) is 48.5 Å². The number of carbonyl (C=O) groups is 1. The van der Waals surface area contributed by atoms with E-state index in [9.17, 15) is 14.9 Å². The van der Waals surface area contributed by atoms with Crippen molar-refractivity contribution in [1.29, 1.82) is 0 Å². The summed E-state index contributed by atoms with van der Waals surface area (Å²) < 4.78 is 23.0. The Hall–Kier alpha value is -2.33. The van der Waals surface area contributed by atoms with Crippen LogP contribution in [0.15, 0.2) is 18.2 Å². The third-order valence-electron chi connectivity index (χ3n) is 5.79. The number of hydrogen-bond donors (Lipinski definition) is 0. The highest BCUT2D eigenvalue weighted by atomic mass is 16.7. The molecule has 9 nitrogen and oxygen atoms in total. The van der Waals surface area contributed by atoms with Gasteiger partial charge in [-0.2, -0.15) is 0 Å². The summed E-state index contributed by atoms with van der Waals surface area (Å²) in [6, 6.07) is 4.73. The minimum absolute atomic E-state index is 0.0925. The monoisotopic (exact) mass is 434 g/mol.